The van der Waals surface area contributed by atoms with Crippen LogP contribution in [0.1, 0.15) is 16.8 Å². The van der Waals surface area contributed by atoms with Crippen molar-refractivity contribution < 1.29 is 9.53 Å². The minimum atomic E-state index is 0.115. The van der Waals surface area contributed by atoms with Crippen LogP contribution in [0.4, 0.5) is 0 Å². The van der Waals surface area contributed by atoms with E-state index < -0.39 is 0 Å². The van der Waals surface area contributed by atoms with Crippen LogP contribution in [0.2, 0.25) is 0 Å². The molecule has 3 nitrogen and oxygen atoms in total. The minimum absolute atomic E-state index is 0.115. The smallest absolute Gasteiger partial charge is 0.255 e. The summed E-state index contributed by atoms with van der Waals surface area (Å²) in [5, 5.41) is 0. The Morgan fingerprint density at radius 1 is 1.50 bits per heavy atom. The number of rotatable bonds is 2. The maximum absolute atomic E-state index is 12.2. The SMILES string of the molecule is COC1CCN(C(=O)c2ccccc2I)C1. The molecule has 1 fully saturated rings. The lowest BCUT2D eigenvalue weighted by Gasteiger charge is -2.16. The summed E-state index contributed by atoms with van der Waals surface area (Å²) in [6, 6.07) is 7.68. The molecule has 0 aromatic heterocycles. The number of carbonyl (C=O) groups is 1. The summed E-state index contributed by atoms with van der Waals surface area (Å²) in [6.45, 7) is 1.50. The predicted molar refractivity (Wildman–Crippen MR) is 70.5 cm³/mol. The average Bonchev–Trinajstić information content (AvgIpc) is 2.77. The minimum Gasteiger partial charge on any atom is -0.380 e. The summed E-state index contributed by atoms with van der Waals surface area (Å²) in [5.74, 6) is 0.115. The highest BCUT2D eigenvalue weighted by molar-refractivity contribution is 14.1. The zero-order chi connectivity index (χ0) is 11.5. The van der Waals surface area contributed by atoms with Crippen LogP contribution >= 0.6 is 22.6 Å². The molecule has 2 rings (SSSR count). The molecular weight excluding hydrogens is 317 g/mol. The summed E-state index contributed by atoms with van der Waals surface area (Å²) in [6.07, 6.45) is 1.14. The van der Waals surface area contributed by atoms with Gasteiger partial charge in [-0.1, -0.05) is 12.1 Å². The maximum Gasteiger partial charge on any atom is 0.255 e. The van der Waals surface area contributed by atoms with Crippen molar-refractivity contribution in [1.29, 1.82) is 0 Å². The third-order valence-electron chi connectivity index (χ3n) is 2.87. The van der Waals surface area contributed by atoms with Gasteiger partial charge in [0.2, 0.25) is 0 Å². The molecule has 1 atom stereocenters. The number of halogens is 1. The Balaban J connectivity index is 2.12. The third-order valence-corrected chi connectivity index (χ3v) is 3.81. The fourth-order valence-corrected chi connectivity index (χ4v) is 2.53. The van der Waals surface area contributed by atoms with Gasteiger partial charge in [0.05, 0.1) is 11.7 Å². The van der Waals surface area contributed by atoms with Crippen molar-refractivity contribution in [2.24, 2.45) is 0 Å². The molecule has 16 heavy (non-hydrogen) atoms. The van der Waals surface area contributed by atoms with Gasteiger partial charge < -0.3 is 9.64 Å². The Hall–Kier alpha value is -0.620. The van der Waals surface area contributed by atoms with Gasteiger partial charge in [0.1, 0.15) is 0 Å². The Bertz CT molecular complexity index is 394. The molecule has 1 aliphatic rings. The van der Waals surface area contributed by atoms with E-state index in [-0.39, 0.29) is 12.0 Å². The zero-order valence-corrected chi connectivity index (χ0v) is 11.3. The third kappa shape index (κ3) is 2.38. The van der Waals surface area contributed by atoms with Crippen LogP contribution in [0, 0.1) is 3.57 Å². The molecule has 0 spiro atoms. The van der Waals surface area contributed by atoms with Gasteiger partial charge in [0.15, 0.2) is 0 Å². The molecule has 0 aliphatic carbocycles. The lowest BCUT2D eigenvalue weighted by molar-refractivity contribution is 0.0723. The number of carbonyl (C=O) groups excluding carboxylic acids is 1. The van der Waals surface area contributed by atoms with E-state index in [2.05, 4.69) is 22.6 Å². The maximum atomic E-state index is 12.2. The van der Waals surface area contributed by atoms with Crippen LogP contribution in [-0.2, 0) is 4.74 Å². The molecule has 0 bridgehead atoms. The second-order valence-corrected chi connectivity index (χ2v) is 5.04. The highest BCUT2D eigenvalue weighted by Gasteiger charge is 2.27. The van der Waals surface area contributed by atoms with Gasteiger partial charge in [-0.05, 0) is 41.1 Å². The lowest BCUT2D eigenvalue weighted by atomic mass is 10.2. The monoisotopic (exact) mass is 331 g/mol. The number of ether oxygens (including phenoxy) is 1. The van der Waals surface area contributed by atoms with Crippen LogP contribution in [0.25, 0.3) is 0 Å². The van der Waals surface area contributed by atoms with Crippen molar-refractivity contribution in [3.05, 3.63) is 33.4 Å². The van der Waals surface area contributed by atoms with Crippen LogP contribution in [0.3, 0.4) is 0 Å². The largest absolute Gasteiger partial charge is 0.380 e. The van der Waals surface area contributed by atoms with Crippen molar-refractivity contribution in [3.8, 4) is 0 Å². The van der Waals surface area contributed by atoms with Crippen molar-refractivity contribution in [2.75, 3.05) is 20.2 Å². The van der Waals surface area contributed by atoms with Gasteiger partial charge in [-0.15, -0.1) is 0 Å². The van der Waals surface area contributed by atoms with Crippen molar-refractivity contribution in [2.45, 2.75) is 12.5 Å². The number of hydrogen-bond donors (Lipinski definition) is 0. The first kappa shape index (κ1) is 11.9. The molecule has 1 amide bonds. The first-order valence-electron chi connectivity index (χ1n) is 5.29. The summed E-state index contributed by atoms with van der Waals surface area (Å²) in [4.78, 5) is 14.1. The van der Waals surface area contributed by atoms with Gasteiger partial charge in [-0.3, -0.25) is 4.79 Å². The van der Waals surface area contributed by atoms with Crippen LogP contribution in [0.15, 0.2) is 24.3 Å². The second kappa shape index (κ2) is 5.14. The van der Waals surface area contributed by atoms with Gasteiger partial charge in [-0.25, -0.2) is 0 Å². The quantitative estimate of drug-likeness (QED) is 0.778. The van der Waals surface area contributed by atoms with Crippen LogP contribution in [-0.4, -0.2) is 37.1 Å². The van der Waals surface area contributed by atoms with E-state index in [4.69, 9.17) is 4.74 Å². The number of amides is 1. The Morgan fingerprint density at radius 2 is 2.25 bits per heavy atom. The number of nitrogens with zero attached hydrogens (tertiary/aromatic N) is 1. The summed E-state index contributed by atoms with van der Waals surface area (Å²) in [7, 11) is 1.70. The number of methoxy groups -OCH3 is 1. The van der Waals surface area contributed by atoms with E-state index in [1.54, 1.807) is 7.11 Å². The summed E-state index contributed by atoms with van der Waals surface area (Å²) >= 11 is 2.20. The number of hydrogen-bond acceptors (Lipinski definition) is 2. The molecule has 0 radical (unpaired) electrons. The molecule has 1 heterocycles. The summed E-state index contributed by atoms with van der Waals surface area (Å²) in [5.41, 5.74) is 0.792. The normalized spacial score (nSPS) is 20.1. The van der Waals surface area contributed by atoms with E-state index in [9.17, 15) is 4.79 Å². The highest BCUT2D eigenvalue weighted by atomic mass is 127. The highest BCUT2D eigenvalue weighted by Crippen LogP contribution is 2.18. The lowest BCUT2D eigenvalue weighted by Crippen LogP contribution is -2.30. The molecule has 0 N–H and O–H groups in total. The van der Waals surface area contributed by atoms with Gasteiger partial charge in [-0.2, -0.15) is 0 Å². The van der Waals surface area contributed by atoms with Gasteiger partial charge in [0, 0.05) is 23.8 Å². The molecular formula is C12H14INO2. The second-order valence-electron chi connectivity index (χ2n) is 3.88. The number of likely N-dealkylation sites (tertiary alicyclic amines) is 1. The Labute approximate surface area is 109 Å². The Morgan fingerprint density at radius 3 is 2.88 bits per heavy atom. The first-order valence-corrected chi connectivity index (χ1v) is 6.37. The van der Waals surface area contributed by atoms with Crippen LogP contribution < -0.4 is 0 Å². The predicted octanol–water partition coefficient (Wildman–Crippen LogP) is 2.15. The van der Waals surface area contributed by atoms with Gasteiger partial charge in [0.25, 0.3) is 5.91 Å². The molecule has 86 valence electrons. The van der Waals surface area contributed by atoms with Gasteiger partial charge >= 0.3 is 0 Å². The van der Waals surface area contributed by atoms with Crippen molar-refractivity contribution >= 4 is 28.5 Å². The molecule has 1 aliphatic heterocycles. The first-order chi connectivity index (χ1) is 7.72. The van der Waals surface area contributed by atoms with E-state index in [1.165, 1.54) is 0 Å². The molecule has 0 saturated carbocycles. The van der Waals surface area contributed by atoms with Crippen molar-refractivity contribution in [1.82, 2.24) is 4.90 Å². The topological polar surface area (TPSA) is 29.5 Å². The van der Waals surface area contributed by atoms with E-state index in [1.807, 2.05) is 29.2 Å². The van der Waals surface area contributed by atoms with Crippen LogP contribution in [0.5, 0.6) is 0 Å². The summed E-state index contributed by atoms with van der Waals surface area (Å²) < 4.78 is 6.27. The fourth-order valence-electron chi connectivity index (χ4n) is 1.91. The average molecular weight is 331 g/mol. The van der Waals surface area contributed by atoms with E-state index >= 15 is 0 Å². The van der Waals surface area contributed by atoms with Crippen molar-refractivity contribution in [3.63, 3.8) is 0 Å². The zero-order valence-electron chi connectivity index (χ0n) is 9.15. The molecule has 1 aromatic carbocycles. The standard InChI is InChI=1S/C12H14INO2/c1-16-9-6-7-14(8-9)12(15)10-4-2-3-5-11(10)13/h2-5,9H,6-8H2,1H3. The molecule has 4 heteroatoms. The van der Waals surface area contributed by atoms with E-state index in [0.29, 0.717) is 6.54 Å². The fraction of sp³-hybridized carbons (Fsp3) is 0.417. The molecule has 1 unspecified atom stereocenters. The number of benzene rings is 1. The molecule has 1 aromatic rings. The Kier molecular flexibility index (Phi) is 3.81. The molecule has 1 saturated heterocycles. The van der Waals surface area contributed by atoms with E-state index in [0.717, 1.165) is 22.1 Å².